The van der Waals surface area contributed by atoms with Crippen LogP contribution in [-0.4, -0.2) is 30.9 Å². The minimum Gasteiger partial charge on any atom is -0.469 e. The lowest BCUT2D eigenvalue weighted by Crippen LogP contribution is -2.16. The Morgan fingerprint density at radius 2 is 2.00 bits per heavy atom. The first-order chi connectivity index (χ1) is 13.5. The van der Waals surface area contributed by atoms with Crippen LogP contribution in [0.4, 0.5) is 0 Å². The molecule has 1 rings (SSSR count). The highest BCUT2D eigenvalue weighted by Gasteiger charge is 2.32. The lowest BCUT2D eigenvalue weighted by atomic mass is 9.91. The number of hydrogen-bond donors (Lipinski definition) is 0. The quantitative estimate of drug-likeness (QED) is 0.252. The van der Waals surface area contributed by atoms with Crippen LogP contribution in [0.5, 0.6) is 0 Å². The van der Waals surface area contributed by atoms with Crippen molar-refractivity contribution in [3.63, 3.8) is 0 Å². The summed E-state index contributed by atoms with van der Waals surface area (Å²) in [6.45, 7) is 3.59. The number of ether oxygens (including phenoxy) is 2. The van der Waals surface area contributed by atoms with Gasteiger partial charge >= 0.3 is 11.9 Å². The van der Waals surface area contributed by atoms with Crippen LogP contribution in [0.25, 0.3) is 0 Å². The van der Waals surface area contributed by atoms with Crippen molar-refractivity contribution in [3.8, 4) is 0 Å². The molecule has 158 valence electrons. The average Bonchev–Trinajstić information content (AvgIpc) is 3.01. The Morgan fingerprint density at radius 3 is 2.68 bits per heavy atom. The van der Waals surface area contributed by atoms with Crippen molar-refractivity contribution in [2.24, 2.45) is 11.8 Å². The highest BCUT2D eigenvalue weighted by molar-refractivity contribution is 5.83. The Labute approximate surface area is 169 Å². The van der Waals surface area contributed by atoms with E-state index in [4.69, 9.17) is 4.74 Å². The van der Waals surface area contributed by atoms with Crippen molar-refractivity contribution in [1.82, 2.24) is 0 Å². The molecule has 0 aromatic rings. The Kier molecular flexibility index (Phi) is 12.2. The maximum Gasteiger partial charge on any atom is 0.305 e. The second kappa shape index (κ2) is 14.1. The van der Waals surface area contributed by atoms with E-state index < -0.39 is 0 Å². The van der Waals surface area contributed by atoms with Crippen LogP contribution in [0.15, 0.2) is 24.3 Å². The van der Waals surface area contributed by atoms with Gasteiger partial charge in [-0.05, 0) is 50.5 Å². The second-order valence-electron chi connectivity index (χ2n) is 7.48. The van der Waals surface area contributed by atoms with E-state index in [1.807, 2.05) is 12.2 Å². The van der Waals surface area contributed by atoms with Gasteiger partial charge in [0, 0.05) is 25.7 Å². The number of Topliss-reactive ketones (excluding diaryl/α,β-unsaturated/α-hetero) is 1. The van der Waals surface area contributed by atoms with Crippen LogP contribution >= 0.6 is 0 Å². The fourth-order valence-corrected chi connectivity index (χ4v) is 3.57. The summed E-state index contributed by atoms with van der Waals surface area (Å²) in [5, 5.41) is 0. The minimum absolute atomic E-state index is 0.00160. The molecule has 1 aliphatic carbocycles. The second-order valence-corrected chi connectivity index (χ2v) is 7.48. The zero-order valence-electron chi connectivity index (χ0n) is 17.7. The third-order valence-electron chi connectivity index (χ3n) is 5.17. The number of ketones is 1. The zero-order valence-corrected chi connectivity index (χ0v) is 17.7. The predicted octanol–water partition coefficient (Wildman–Crippen LogP) is 4.94. The predicted molar refractivity (Wildman–Crippen MR) is 110 cm³/mol. The molecule has 1 aliphatic rings. The Balaban J connectivity index is 2.52. The lowest BCUT2D eigenvalue weighted by molar-refractivity contribution is -0.144. The summed E-state index contributed by atoms with van der Waals surface area (Å²) in [6, 6.07) is 0. The molecular weight excluding hydrogens is 356 g/mol. The molecule has 0 saturated heterocycles. The monoisotopic (exact) mass is 392 g/mol. The number of allylic oxidation sites excluding steroid dienone is 3. The van der Waals surface area contributed by atoms with Crippen LogP contribution in [-0.2, 0) is 23.9 Å². The molecule has 1 saturated carbocycles. The van der Waals surface area contributed by atoms with Gasteiger partial charge in [0.05, 0.1) is 7.11 Å². The van der Waals surface area contributed by atoms with Gasteiger partial charge in [-0.2, -0.15) is 0 Å². The molecule has 0 unspecified atom stereocenters. The van der Waals surface area contributed by atoms with E-state index in [9.17, 15) is 14.4 Å². The van der Waals surface area contributed by atoms with Crippen LogP contribution < -0.4 is 0 Å². The molecule has 0 N–H and O–H groups in total. The standard InChI is InChI=1S/C23H36O5/c1-4-5-8-11-20(28-18(2)24)16-14-19-15-17-22(25)21(19)12-9-6-7-10-13-23(26)27-3/h6,9,14,16,19-21H,4-5,7-8,10-13,15,17H2,1-3H3/b9-6-,16-14+/t19-,20+,21+/m0/s1. The van der Waals surface area contributed by atoms with Crippen molar-refractivity contribution >= 4 is 17.7 Å². The lowest BCUT2D eigenvalue weighted by Gasteiger charge is -2.16. The average molecular weight is 393 g/mol. The molecule has 0 spiro atoms. The fourth-order valence-electron chi connectivity index (χ4n) is 3.57. The number of hydrogen-bond acceptors (Lipinski definition) is 5. The summed E-state index contributed by atoms with van der Waals surface area (Å²) in [6.07, 6.45) is 16.2. The first-order valence-electron chi connectivity index (χ1n) is 10.6. The summed E-state index contributed by atoms with van der Waals surface area (Å²) in [5.41, 5.74) is 0. The van der Waals surface area contributed by atoms with E-state index in [0.717, 1.165) is 51.4 Å². The summed E-state index contributed by atoms with van der Waals surface area (Å²) in [5.74, 6) is 0.0630. The summed E-state index contributed by atoms with van der Waals surface area (Å²) < 4.78 is 10.0. The van der Waals surface area contributed by atoms with Gasteiger partial charge in [-0.15, -0.1) is 0 Å². The van der Waals surface area contributed by atoms with E-state index in [1.165, 1.54) is 14.0 Å². The molecule has 3 atom stereocenters. The number of rotatable bonds is 13. The highest BCUT2D eigenvalue weighted by Crippen LogP contribution is 2.33. The number of esters is 2. The summed E-state index contributed by atoms with van der Waals surface area (Å²) in [4.78, 5) is 34.7. The molecule has 0 aromatic heterocycles. The Hall–Kier alpha value is -1.91. The van der Waals surface area contributed by atoms with Crippen LogP contribution in [0, 0.1) is 11.8 Å². The molecule has 0 radical (unpaired) electrons. The van der Waals surface area contributed by atoms with Gasteiger partial charge in [0.15, 0.2) is 0 Å². The smallest absolute Gasteiger partial charge is 0.305 e. The van der Waals surface area contributed by atoms with Crippen LogP contribution in [0.2, 0.25) is 0 Å². The van der Waals surface area contributed by atoms with E-state index in [1.54, 1.807) is 0 Å². The van der Waals surface area contributed by atoms with Crippen LogP contribution in [0.3, 0.4) is 0 Å². The van der Waals surface area contributed by atoms with Gasteiger partial charge in [0.2, 0.25) is 0 Å². The van der Waals surface area contributed by atoms with E-state index >= 15 is 0 Å². The van der Waals surface area contributed by atoms with Gasteiger partial charge in [-0.3, -0.25) is 14.4 Å². The molecule has 28 heavy (non-hydrogen) atoms. The third-order valence-corrected chi connectivity index (χ3v) is 5.17. The molecule has 0 heterocycles. The molecular formula is C23H36O5. The third kappa shape index (κ3) is 9.86. The number of carbonyl (C=O) groups excluding carboxylic acids is 3. The van der Waals surface area contributed by atoms with E-state index in [2.05, 4.69) is 23.8 Å². The van der Waals surface area contributed by atoms with E-state index in [-0.39, 0.29) is 29.9 Å². The number of carbonyl (C=O) groups is 3. The van der Waals surface area contributed by atoms with Gasteiger partial charge in [-0.1, -0.05) is 38.0 Å². The Morgan fingerprint density at radius 1 is 1.21 bits per heavy atom. The molecule has 0 aromatic carbocycles. The minimum atomic E-state index is -0.264. The number of methoxy groups -OCH3 is 1. The molecule has 0 aliphatic heterocycles. The largest absolute Gasteiger partial charge is 0.469 e. The van der Waals surface area contributed by atoms with Crippen molar-refractivity contribution in [1.29, 1.82) is 0 Å². The van der Waals surface area contributed by atoms with Crippen molar-refractivity contribution in [3.05, 3.63) is 24.3 Å². The van der Waals surface area contributed by atoms with Crippen molar-refractivity contribution in [2.75, 3.05) is 7.11 Å². The van der Waals surface area contributed by atoms with Gasteiger partial charge < -0.3 is 9.47 Å². The van der Waals surface area contributed by atoms with Crippen molar-refractivity contribution in [2.45, 2.75) is 84.2 Å². The molecule has 5 heteroatoms. The first kappa shape index (κ1) is 24.1. The van der Waals surface area contributed by atoms with Gasteiger partial charge in [0.25, 0.3) is 0 Å². The maximum atomic E-state index is 12.3. The highest BCUT2D eigenvalue weighted by atomic mass is 16.5. The first-order valence-corrected chi connectivity index (χ1v) is 10.6. The summed E-state index contributed by atoms with van der Waals surface area (Å²) >= 11 is 0. The normalized spacial score (nSPS) is 20.8. The van der Waals surface area contributed by atoms with Crippen molar-refractivity contribution < 1.29 is 23.9 Å². The Bertz CT molecular complexity index is 549. The van der Waals surface area contributed by atoms with Crippen LogP contribution in [0.1, 0.15) is 78.1 Å². The SMILES string of the molecule is CCCCC[C@H](/C=C/[C@H]1CCC(=O)[C@@H]1C/C=C\CCCC(=O)OC)OC(C)=O. The topological polar surface area (TPSA) is 69.7 Å². The zero-order chi connectivity index (χ0) is 20.8. The molecule has 1 fully saturated rings. The molecule has 0 bridgehead atoms. The fraction of sp³-hybridized carbons (Fsp3) is 0.696. The molecule has 0 amide bonds. The van der Waals surface area contributed by atoms with Gasteiger partial charge in [-0.25, -0.2) is 0 Å². The van der Waals surface area contributed by atoms with E-state index in [0.29, 0.717) is 18.6 Å². The summed E-state index contributed by atoms with van der Waals surface area (Å²) in [7, 11) is 1.40. The maximum absolute atomic E-state index is 12.3. The van der Waals surface area contributed by atoms with Gasteiger partial charge in [0.1, 0.15) is 11.9 Å². The number of unbranched alkanes of at least 4 members (excludes halogenated alkanes) is 3. The molecule has 5 nitrogen and oxygen atoms in total.